The second-order valence-electron chi connectivity index (χ2n) is 3.73. The summed E-state index contributed by atoms with van der Waals surface area (Å²) in [6.07, 6.45) is 2.68. The number of oxime groups is 1. The summed E-state index contributed by atoms with van der Waals surface area (Å²) < 4.78 is 25.0. The van der Waals surface area contributed by atoms with Crippen LogP contribution in [0.25, 0.3) is 0 Å². The van der Waals surface area contributed by atoms with Gasteiger partial charge in [0.2, 0.25) is 10.0 Å². The van der Waals surface area contributed by atoms with E-state index in [-0.39, 0.29) is 5.75 Å². The van der Waals surface area contributed by atoms with E-state index in [4.69, 9.17) is 5.21 Å². The molecule has 1 aliphatic rings. The molecule has 5 nitrogen and oxygen atoms in total. The average molecular weight is 234 g/mol. The van der Waals surface area contributed by atoms with Crippen molar-refractivity contribution in [2.45, 2.75) is 32.6 Å². The molecule has 1 saturated heterocycles. The first-order valence-electron chi connectivity index (χ1n) is 5.27. The maximum Gasteiger partial charge on any atom is 0.214 e. The van der Waals surface area contributed by atoms with E-state index in [1.807, 2.05) is 6.92 Å². The quantitative estimate of drug-likeness (QED) is 0.583. The van der Waals surface area contributed by atoms with Gasteiger partial charge in [-0.1, -0.05) is 18.5 Å². The van der Waals surface area contributed by atoms with Crippen LogP contribution in [0.3, 0.4) is 0 Å². The van der Waals surface area contributed by atoms with Crippen molar-refractivity contribution in [3.05, 3.63) is 0 Å². The summed E-state index contributed by atoms with van der Waals surface area (Å²) in [6, 6.07) is 0. The molecule has 0 aromatic carbocycles. The lowest BCUT2D eigenvalue weighted by atomic mass is 10.1. The fourth-order valence-electron chi connectivity index (χ4n) is 1.58. The zero-order valence-corrected chi connectivity index (χ0v) is 9.83. The minimum absolute atomic E-state index is 0.231. The smallest absolute Gasteiger partial charge is 0.214 e. The molecule has 0 bridgehead atoms. The van der Waals surface area contributed by atoms with Gasteiger partial charge in [-0.25, -0.2) is 12.7 Å². The van der Waals surface area contributed by atoms with Gasteiger partial charge in [-0.15, -0.1) is 0 Å². The second-order valence-corrected chi connectivity index (χ2v) is 5.82. The van der Waals surface area contributed by atoms with Crippen molar-refractivity contribution in [1.29, 1.82) is 0 Å². The van der Waals surface area contributed by atoms with E-state index in [0.717, 1.165) is 6.42 Å². The van der Waals surface area contributed by atoms with Gasteiger partial charge in [0, 0.05) is 25.9 Å². The van der Waals surface area contributed by atoms with Crippen LogP contribution in [0.2, 0.25) is 0 Å². The van der Waals surface area contributed by atoms with Crippen molar-refractivity contribution < 1.29 is 13.6 Å². The molecule has 1 fully saturated rings. The highest BCUT2D eigenvalue weighted by atomic mass is 32.2. The number of sulfonamides is 1. The first kappa shape index (κ1) is 12.4. The molecule has 0 saturated carbocycles. The van der Waals surface area contributed by atoms with Crippen molar-refractivity contribution in [1.82, 2.24) is 4.31 Å². The highest BCUT2D eigenvalue weighted by Crippen LogP contribution is 2.13. The Morgan fingerprint density at radius 2 is 2.00 bits per heavy atom. The Morgan fingerprint density at radius 1 is 1.40 bits per heavy atom. The maximum atomic E-state index is 11.8. The summed E-state index contributed by atoms with van der Waals surface area (Å²) in [4.78, 5) is 0. The van der Waals surface area contributed by atoms with Crippen molar-refractivity contribution in [2.75, 3.05) is 18.8 Å². The third-order valence-electron chi connectivity index (χ3n) is 2.59. The third-order valence-corrected chi connectivity index (χ3v) is 4.55. The minimum Gasteiger partial charge on any atom is -0.411 e. The van der Waals surface area contributed by atoms with Gasteiger partial charge in [-0.2, -0.15) is 0 Å². The number of nitrogens with zero attached hydrogens (tertiary/aromatic N) is 2. The third kappa shape index (κ3) is 3.46. The predicted octanol–water partition coefficient (Wildman–Crippen LogP) is 1.04. The van der Waals surface area contributed by atoms with E-state index in [1.165, 1.54) is 4.31 Å². The van der Waals surface area contributed by atoms with Crippen LogP contribution in [-0.4, -0.2) is 42.5 Å². The van der Waals surface area contributed by atoms with Crippen LogP contribution in [0.5, 0.6) is 0 Å². The number of piperidine rings is 1. The predicted molar refractivity (Wildman–Crippen MR) is 58.7 cm³/mol. The van der Waals surface area contributed by atoms with Crippen molar-refractivity contribution >= 4 is 15.7 Å². The largest absolute Gasteiger partial charge is 0.411 e. The Bertz CT molecular complexity index is 314. The Labute approximate surface area is 90.8 Å². The number of hydrogen-bond acceptors (Lipinski definition) is 4. The highest BCUT2D eigenvalue weighted by Gasteiger charge is 2.25. The van der Waals surface area contributed by atoms with Crippen LogP contribution in [0.4, 0.5) is 0 Å². The molecule has 6 heteroatoms. The van der Waals surface area contributed by atoms with Gasteiger partial charge in [0.15, 0.2) is 0 Å². The lowest BCUT2D eigenvalue weighted by Gasteiger charge is -2.26. The summed E-state index contributed by atoms with van der Waals surface area (Å²) >= 11 is 0. The molecule has 0 aliphatic carbocycles. The van der Waals surface area contributed by atoms with Crippen LogP contribution < -0.4 is 0 Å². The van der Waals surface area contributed by atoms with Crippen LogP contribution in [0.15, 0.2) is 5.16 Å². The molecule has 0 unspecified atom stereocenters. The molecule has 0 aromatic rings. The fourth-order valence-corrected chi connectivity index (χ4v) is 3.23. The summed E-state index contributed by atoms with van der Waals surface area (Å²) in [7, 11) is -3.08. The minimum atomic E-state index is -3.08. The van der Waals surface area contributed by atoms with Gasteiger partial charge in [0.05, 0.1) is 11.5 Å². The maximum absolute atomic E-state index is 11.8. The topological polar surface area (TPSA) is 70.0 Å². The first-order chi connectivity index (χ1) is 7.10. The van der Waals surface area contributed by atoms with Crippen molar-refractivity contribution in [3.63, 3.8) is 0 Å². The van der Waals surface area contributed by atoms with E-state index in [0.29, 0.717) is 38.1 Å². The molecule has 0 amide bonds. The zero-order chi connectivity index (χ0) is 11.3. The van der Waals surface area contributed by atoms with Gasteiger partial charge in [0.1, 0.15) is 0 Å². The Kier molecular flexibility index (Phi) is 4.53. The van der Waals surface area contributed by atoms with Crippen LogP contribution in [0.1, 0.15) is 32.6 Å². The summed E-state index contributed by atoms with van der Waals surface area (Å²) in [5, 5.41) is 11.7. The first-order valence-corrected chi connectivity index (χ1v) is 6.88. The molecular weight excluding hydrogens is 216 g/mol. The summed E-state index contributed by atoms with van der Waals surface area (Å²) in [5.74, 6) is 0.231. The summed E-state index contributed by atoms with van der Waals surface area (Å²) in [6.45, 7) is 2.87. The van der Waals surface area contributed by atoms with Crippen LogP contribution in [0, 0.1) is 0 Å². The normalized spacial score (nSPS) is 19.1. The lowest BCUT2D eigenvalue weighted by Crippen LogP contribution is -2.39. The van der Waals surface area contributed by atoms with Gasteiger partial charge in [-0.3, -0.25) is 0 Å². The van der Waals surface area contributed by atoms with Crippen LogP contribution >= 0.6 is 0 Å². The second kappa shape index (κ2) is 5.46. The zero-order valence-electron chi connectivity index (χ0n) is 9.02. The molecule has 1 heterocycles. The Morgan fingerprint density at radius 3 is 2.47 bits per heavy atom. The molecule has 15 heavy (non-hydrogen) atoms. The van der Waals surface area contributed by atoms with E-state index < -0.39 is 10.0 Å². The van der Waals surface area contributed by atoms with E-state index >= 15 is 0 Å². The molecule has 0 spiro atoms. The molecule has 1 N–H and O–H groups in total. The van der Waals surface area contributed by atoms with Crippen molar-refractivity contribution in [2.24, 2.45) is 5.16 Å². The number of rotatable bonds is 4. The van der Waals surface area contributed by atoms with E-state index in [1.54, 1.807) is 0 Å². The Hall–Kier alpha value is -0.620. The van der Waals surface area contributed by atoms with Gasteiger partial charge < -0.3 is 5.21 Å². The summed E-state index contributed by atoms with van der Waals surface area (Å²) in [5.41, 5.74) is 0.692. The van der Waals surface area contributed by atoms with Crippen LogP contribution in [-0.2, 0) is 10.0 Å². The average Bonchev–Trinajstić information content (AvgIpc) is 2.26. The van der Waals surface area contributed by atoms with Crippen molar-refractivity contribution in [3.8, 4) is 0 Å². The SMILES string of the molecule is CCCCS(=O)(=O)N1CCC(=NO)CC1. The Balaban J connectivity index is 2.52. The molecule has 1 aliphatic heterocycles. The molecule has 0 radical (unpaired) electrons. The number of unbranched alkanes of at least 4 members (excludes halogenated alkanes) is 1. The number of hydrogen-bond donors (Lipinski definition) is 1. The standard InChI is InChI=1S/C9H18N2O3S/c1-2-3-8-15(13,14)11-6-4-9(10-12)5-7-11/h12H,2-8H2,1H3. The van der Waals surface area contributed by atoms with E-state index in [9.17, 15) is 8.42 Å². The molecule has 0 atom stereocenters. The lowest BCUT2D eigenvalue weighted by molar-refractivity contribution is 0.309. The van der Waals surface area contributed by atoms with Gasteiger partial charge in [0.25, 0.3) is 0 Å². The van der Waals surface area contributed by atoms with Gasteiger partial charge >= 0.3 is 0 Å². The molecule has 0 aromatic heterocycles. The van der Waals surface area contributed by atoms with Gasteiger partial charge in [-0.05, 0) is 6.42 Å². The fraction of sp³-hybridized carbons (Fsp3) is 0.889. The monoisotopic (exact) mass is 234 g/mol. The highest BCUT2D eigenvalue weighted by molar-refractivity contribution is 7.89. The molecular formula is C9H18N2O3S. The van der Waals surface area contributed by atoms with E-state index in [2.05, 4.69) is 5.16 Å². The molecule has 1 rings (SSSR count). The molecule has 88 valence electrons.